The third-order valence-electron chi connectivity index (χ3n) is 3.76. The molecule has 1 saturated heterocycles. The maximum absolute atomic E-state index is 5.98. The molecule has 9 heteroatoms. The van der Waals surface area contributed by atoms with Crippen molar-refractivity contribution in [2.75, 3.05) is 26.7 Å². The fourth-order valence-corrected chi connectivity index (χ4v) is 4.39. The molecule has 4 rings (SSSR count). The van der Waals surface area contributed by atoms with Crippen molar-refractivity contribution in [2.45, 2.75) is 6.04 Å². The van der Waals surface area contributed by atoms with Crippen LogP contribution in [-0.2, 0) is 0 Å². The molecular formula is C14H14ClN5OS2. The summed E-state index contributed by atoms with van der Waals surface area (Å²) in [5.41, 5.74) is 0.708. The number of thiophene rings is 1. The Bertz CT molecular complexity index is 814. The minimum atomic E-state index is 0.135. The summed E-state index contributed by atoms with van der Waals surface area (Å²) in [5, 5.41) is 10.3. The van der Waals surface area contributed by atoms with E-state index in [0.717, 1.165) is 33.9 Å². The van der Waals surface area contributed by atoms with Crippen molar-refractivity contribution < 1.29 is 4.52 Å². The zero-order valence-corrected chi connectivity index (χ0v) is 14.7. The Morgan fingerprint density at radius 2 is 2.30 bits per heavy atom. The number of hydrogen-bond acceptors (Lipinski definition) is 8. The second-order valence-electron chi connectivity index (χ2n) is 5.30. The molecule has 1 unspecified atom stereocenters. The predicted molar refractivity (Wildman–Crippen MR) is 92.0 cm³/mol. The average Bonchev–Trinajstić information content (AvgIpc) is 3.27. The van der Waals surface area contributed by atoms with Crippen LogP contribution in [0.3, 0.4) is 0 Å². The fourth-order valence-electron chi connectivity index (χ4n) is 2.48. The minimum Gasteiger partial charge on any atom is -0.332 e. The van der Waals surface area contributed by atoms with Crippen LogP contribution in [0, 0.1) is 0 Å². The van der Waals surface area contributed by atoms with Crippen LogP contribution in [0.1, 0.15) is 11.9 Å². The van der Waals surface area contributed by atoms with Crippen molar-refractivity contribution >= 4 is 34.3 Å². The molecule has 4 heterocycles. The number of halogens is 1. The summed E-state index contributed by atoms with van der Waals surface area (Å²) in [6.45, 7) is 2.77. The van der Waals surface area contributed by atoms with Crippen LogP contribution in [0.2, 0.25) is 4.34 Å². The Balaban J connectivity index is 1.58. The first-order chi connectivity index (χ1) is 11.2. The van der Waals surface area contributed by atoms with Gasteiger partial charge in [-0.3, -0.25) is 4.90 Å². The number of likely N-dealkylation sites (N-methyl/N-ethyl adjacent to an activating group) is 1. The van der Waals surface area contributed by atoms with E-state index in [1.54, 1.807) is 11.3 Å². The highest BCUT2D eigenvalue weighted by atomic mass is 35.5. The molecule has 0 bridgehead atoms. The maximum Gasteiger partial charge on any atom is 0.277 e. The molecule has 23 heavy (non-hydrogen) atoms. The second kappa shape index (κ2) is 6.29. The molecule has 1 fully saturated rings. The van der Waals surface area contributed by atoms with Crippen molar-refractivity contribution in [3.63, 3.8) is 0 Å². The largest absolute Gasteiger partial charge is 0.332 e. The summed E-state index contributed by atoms with van der Waals surface area (Å²) in [6, 6.07) is 3.98. The summed E-state index contributed by atoms with van der Waals surface area (Å²) >= 11 is 9.04. The summed E-state index contributed by atoms with van der Waals surface area (Å²) < 4.78 is 6.17. The summed E-state index contributed by atoms with van der Waals surface area (Å²) in [5.74, 6) is 1.16. The molecule has 0 aliphatic carbocycles. The average molecular weight is 368 g/mol. The molecule has 0 radical (unpaired) electrons. The molecule has 1 atom stereocenters. The van der Waals surface area contributed by atoms with Crippen LogP contribution >= 0.6 is 34.3 Å². The van der Waals surface area contributed by atoms with Crippen molar-refractivity contribution in [3.8, 4) is 21.5 Å². The minimum absolute atomic E-state index is 0.135. The monoisotopic (exact) mass is 367 g/mol. The van der Waals surface area contributed by atoms with Crippen molar-refractivity contribution in [2.24, 2.45) is 0 Å². The third kappa shape index (κ3) is 3.05. The van der Waals surface area contributed by atoms with E-state index >= 15 is 0 Å². The van der Waals surface area contributed by atoms with Crippen LogP contribution < -0.4 is 5.32 Å². The van der Waals surface area contributed by atoms with E-state index in [4.69, 9.17) is 16.1 Å². The topological polar surface area (TPSA) is 67.1 Å². The van der Waals surface area contributed by atoms with Crippen molar-refractivity contribution in [1.29, 1.82) is 0 Å². The standard InChI is InChI=1S/C14H14ClN5OS2/c1-20-5-4-16-6-9(20)12-18-13(21-19-12)8-7-22-14(17-8)10-2-3-11(15)23-10/h2-3,7,9,16H,4-6H2,1H3. The number of nitrogens with zero attached hydrogens (tertiary/aromatic N) is 4. The first-order valence-electron chi connectivity index (χ1n) is 7.17. The number of rotatable bonds is 3. The Morgan fingerprint density at radius 3 is 3.09 bits per heavy atom. The molecular weight excluding hydrogens is 354 g/mol. The SMILES string of the molecule is CN1CCNCC1c1noc(-c2csc(-c3ccc(Cl)s3)n2)n1. The summed E-state index contributed by atoms with van der Waals surface area (Å²) in [6.07, 6.45) is 0. The van der Waals surface area contributed by atoms with E-state index in [2.05, 4.69) is 32.4 Å². The quantitative estimate of drug-likeness (QED) is 0.767. The lowest BCUT2D eigenvalue weighted by Crippen LogP contribution is -2.44. The Labute approximate surface area is 146 Å². The maximum atomic E-state index is 5.98. The lowest BCUT2D eigenvalue weighted by Gasteiger charge is -2.30. The van der Waals surface area contributed by atoms with E-state index in [1.807, 2.05) is 17.5 Å². The van der Waals surface area contributed by atoms with Crippen molar-refractivity contribution in [1.82, 2.24) is 25.3 Å². The number of hydrogen-bond donors (Lipinski definition) is 1. The van der Waals surface area contributed by atoms with Gasteiger partial charge in [0, 0.05) is 25.0 Å². The number of piperazine rings is 1. The van der Waals surface area contributed by atoms with E-state index < -0.39 is 0 Å². The zero-order valence-electron chi connectivity index (χ0n) is 12.3. The molecule has 0 aromatic carbocycles. The molecule has 1 N–H and O–H groups in total. The zero-order chi connectivity index (χ0) is 15.8. The molecule has 0 amide bonds. The Morgan fingerprint density at radius 1 is 1.39 bits per heavy atom. The molecule has 0 spiro atoms. The predicted octanol–water partition coefficient (Wildman–Crippen LogP) is 3.15. The highest BCUT2D eigenvalue weighted by molar-refractivity contribution is 7.23. The molecule has 1 aliphatic rings. The number of nitrogens with one attached hydrogen (secondary N) is 1. The van der Waals surface area contributed by atoms with E-state index in [0.29, 0.717) is 17.4 Å². The van der Waals surface area contributed by atoms with Gasteiger partial charge in [0.1, 0.15) is 10.7 Å². The first kappa shape index (κ1) is 15.2. The van der Waals surface area contributed by atoms with E-state index in [9.17, 15) is 0 Å². The van der Waals surface area contributed by atoms with Gasteiger partial charge in [0.05, 0.1) is 15.3 Å². The van der Waals surface area contributed by atoms with Gasteiger partial charge in [-0.25, -0.2) is 4.98 Å². The van der Waals surface area contributed by atoms with Gasteiger partial charge in [0.15, 0.2) is 5.82 Å². The third-order valence-corrected chi connectivity index (χ3v) is 6.00. The summed E-state index contributed by atoms with van der Waals surface area (Å²) in [4.78, 5) is 12.4. The smallest absolute Gasteiger partial charge is 0.277 e. The van der Waals surface area contributed by atoms with Gasteiger partial charge in [-0.05, 0) is 19.2 Å². The lowest BCUT2D eigenvalue weighted by molar-refractivity contribution is 0.190. The Hall–Kier alpha value is -1.32. The van der Waals surface area contributed by atoms with Gasteiger partial charge in [-0.2, -0.15) is 4.98 Å². The number of thiazole rings is 1. The highest BCUT2D eigenvalue weighted by Gasteiger charge is 2.26. The van der Waals surface area contributed by atoms with Crippen LogP contribution in [0.4, 0.5) is 0 Å². The molecule has 1 aliphatic heterocycles. The van der Waals surface area contributed by atoms with Gasteiger partial charge in [-0.1, -0.05) is 16.8 Å². The molecule has 0 saturated carbocycles. The van der Waals surface area contributed by atoms with E-state index in [-0.39, 0.29) is 6.04 Å². The van der Waals surface area contributed by atoms with Crippen LogP contribution in [-0.4, -0.2) is 46.7 Å². The lowest BCUT2D eigenvalue weighted by atomic mass is 10.2. The van der Waals surface area contributed by atoms with Gasteiger partial charge in [-0.15, -0.1) is 22.7 Å². The second-order valence-corrected chi connectivity index (χ2v) is 7.87. The van der Waals surface area contributed by atoms with Crippen molar-refractivity contribution in [3.05, 3.63) is 27.7 Å². The van der Waals surface area contributed by atoms with Crippen LogP contribution in [0.15, 0.2) is 22.0 Å². The number of aromatic nitrogens is 3. The molecule has 120 valence electrons. The molecule has 3 aromatic rings. The van der Waals surface area contributed by atoms with Gasteiger partial charge < -0.3 is 9.84 Å². The van der Waals surface area contributed by atoms with Crippen LogP contribution in [0.25, 0.3) is 21.5 Å². The fraction of sp³-hybridized carbons (Fsp3) is 0.357. The van der Waals surface area contributed by atoms with Gasteiger partial charge in [0.2, 0.25) is 0 Å². The normalized spacial score (nSPS) is 19.3. The summed E-state index contributed by atoms with van der Waals surface area (Å²) in [7, 11) is 2.07. The van der Waals surface area contributed by atoms with E-state index in [1.165, 1.54) is 11.3 Å². The van der Waals surface area contributed by atoms with Gasteiger partial charge in [0.25, 0.3) is 5.89 Å². The molecule has 6 nitrogen and oxygen atoms in total. The Kier molecular flexibility index (Phi) is 4.16. The van der Waals surface area contributed by atoms with Gasteiger partial charge >= 0.3 is 0 Å². The van der Waals surface area contributed by atoms with Crippen LogP contribution in [0.5, 0.6) is 0 Å². The highest BCUT2D eigenvalue weighted by Crippen LogP contribution is 2.35. The first-order valence-corrected chi connectivity index (χ1v) is 9.24. The molecule has 3 aromatic heterocycles.